The fourth-order valence-electron chi connectivity index (χ4n) is 6.48. The summed E-state index contributed by atoms with van der Waals surface area (Å²) in [5.41, 5.74) is 0. The monoisotopic (exact) mass is 885 g/mol. The van der Waals surface area contributed by atoms with Crippen molar-refractivity contribution in [3.8, 4) is 0 Å². The van der Waals surface area contributed by atoms with Crippen LogP contribution in [0.4, 0.5) is 0 Å². The Morgan fingerprint density at radius 2 is 0.672 bits per heavy atom. The van der Waals surface area contributed by atoms with E-state index < -0.39 is 6.10 Å². The molecule has 0 aliphatic carbocycles. The molecule has 1 unspecified atom stereocenters. The van der Waals surface area contributed by atoms with Crippen molar-refractivity contribution in [1.29, 1.82) is 0 Å². The summed E-state index contributed by atoms with van der Waals surface area (Å²) in [5.74, 6) is -0.985. The van der Waals surface area contributed by atoms with E-state index in [1.807, 2.05) is 0 Å². The molecular weight excluding hydrogens is 793 g/mol. The highest BCUT2D eigenvalue weighted by molar-refractivity contribution is 5.71. The minimum absolute atomic E-state index is 0.111. The molecule has 0 radical (unpaired) electrons. The maximum atomic E-state index is 12.8. The van der Waals surface area contributed by atoms with Crippen LogP contribution in [0.2, 0.25) is 0 Å². The maximum Gasteiger partial charge on any atom is 0.306 e. The van der Waals surface area contributed by atoms with E-state index >= 15 is 0 Å². The summed E-state index contributed by atoms with van der Waals surface area (Å²) >= 11 is 0. The van der Waals surface area contributed by atoms with E-state index in [1.54, 1.807) is 0 Å². The summed E-state index contributed by atoms with van der Waals surface area (Å²) in [5, 5.41) is 0. The van der Waals surface area contributed by atoms with Gasteiger partial charge in [0.25, 0.3) is 0 Å². The second-order valence-electron chi connectivity index (χ2n) is 16.4. The summed E-state index contributed by atoms with van der Waals surface area (Å²) in [4.78, 5) is 38.0. The Kier molecular flexibility index (Phi) is 48.1. The predicted octanol–water partition coefficient (Wildman–Crippen LogP) is 16.9. The van der Waals surface area contributed by atoms with Crippen LogP contribution < -0.4 is 0 Å². The number of hydrogen-bond donors (Lipinski definition) is 0. The highest BCUT2D eigenvalue weighted by Crippen LogP contribution is 2.12. The average molecular weight is 885 g/mol. The second kappa shape index (κ2) is 51.4. The number of allylic oxidation sites excluding steroid dienone is 20. The Morgan fingerprint density at radius 3 is 1.09 bits per heavy atom. The molecule has 64 heavy (non-hydrogen) atoms. The number of rotatable bonds is 44. The van der Waals surface area contributed by atoms with Gasteiger partial charge in [0.1, 0.15) is 13.2 Å². The number of hydrogen-bond acceptors (Lipinski definition) is 6. The summed E-state index contributed by atoms with van der Waals surface area (Å²) in [6.45, 7) is 6.29. The van der Waals surface area contributed by atoms with Crippen molar-refractivity contribution in [2.24, 2.45) is 0 Å². The Morgan fingerprint density at radius 1 is 0.344 bits per heavy atom. The zero-order valence-corrected chi connectivity index (χ0v) is 41.0. The smallest absolute Gasteiger partial charge is 0.306 e. The van der Waals surface area contributed by atoms with Gasteiger partial charge >= 0.3 is 17.9 Å². The van der Waals surface area contributed by atoms with Gasteiger partial charge in [-0.25, -0.2) is 0 Å². The van der Waals surface area contributed by atoms with Crippen molar-refractivity contribution in [2.45, 2.75) is 213 Å². The second-order valence-corrected chi connectivity index (χ2v) is 16.4. The molecule has 1 atom stereocenters. The first kappa shape index (κ1) is 59.8. The molecule has 0 aliphatic rings. The molecule has 0 aromatic heterocycles. The van der Waals surface area contributed by atoms with Gasteiger partial charge in [0.15, 0.2) is 6.10 Å². The van der Waals surface area contributed by atoms with Crippen LogP contribution in [-0.2, 0) is 28.6 Å². The van der Waals surface area contributed by atoms with Crippen molar-refractivity contribution in [2.75, 3.05) is 13.2 Å². The summed E-state index contributed by atoms with van der Waals surface area (Å²) in [6.07, 6.45) is 70.3. The third-order valence-electron chi connectivity index (χ3n) is 10.3. The van der Waals surface area contributed by atoms with Crippen LogP contribution in [0.1, 0.15) is 207 Å². The van der Waals surface area contributed by atoms with Gasteiger partial charge in [0.05, 0.1) is 0 Å². The summed E-state index contributed by atoms with van der Waals surface area (Å²) in [7, 11) is 0. The van der Waals surface area contributed by atoms with Crippen LogP contribution in [-0.4, -0.2) is 37.2 Å². The van der Waals surface area contributed by atoms with E-state index in [9.17, 15) is 14.4 Å². The van der Waals surface area contributed by atoms with Gasteiger partial charge in [-0.15, -0.1) is 0 Å². The molecule has 0 saturated carbocycles. The topological polar surface area (TPSA) is 78.9 Å². The van der Waals surface area contributed by atoms with E-state index in [-0.39, 0.29) is 37.5 Å². The minimum Gasteiger partial charge on any atom is -0.462 e. The molecule has 0 heterocycles. The number of unbranched alkanes of at least 4 members (excludes halogenated alkanes) is 16. The van der Waals surface area contributed by atoms with Crippen molar-refractivity contribution in [3.05, 3.63) is 122 Å². The number of ether oxygens (including phenoxy) is 3. The molecule has 0 rings (SSSR count). The van der Waals surface area contributed by atoms with E-state index in [0.29, 0.717) is 12.8 Å². The van der Waals surface area contributed by atoms with Crippen LogP contribution in [0, 0.1) is 0 Å². The van der Waals surface area contributed by atoms with Crippen LogP contribution in [0.3, 0.4) is 0 Å². The molecule has 0 aromatic carbocycles. The lowest BCUT2D eigenvalue weighted by molar-refractivity contribution is -0.167. The standard InChI is InChI=1S/C58H92O6/c1-4-7-10-13-16-19-22-25-28-29-30-31-34-36-39-42-45-48-51-57(60)63-54-55(64-58(61)52-49-46-43-40-37-33-27-24-21-18-15-12-9-6-3)53-62-56(59)50-47-44-41-38-35-32-26-23-20-17-14-11-8-5-2/h8-9,11-12,16-22,25-33,55H,4-7,10,13-15,23-24,34-54H2,1-3H3/b11-8-,12-9-,19-16-,20-17-,21-18-,25-22-,29-28-,31-30-,32-26-,33-27-. The molecule has 0 bridgehead atoms. The SMILES string of the molecule is CC/C=C\C/C=C\C/C=C\CCCCCCC(=O)OCC(COC(=O)CCCCCCC\C=C/C=C\C=C/C=C\CCCCC)OC(=O)CCCCCC/C=C\C/C=C\C/C=C\CC. The highest BCUT2D eigenvalue weighted by atomic mass is 16.6. The van der Waals surface area contributed by atoms with Gasteiger partial charge in [0, 0.05) is 19.3 Å². The van der Waals surface area contributed by atoms with Crippen LogP contribution in [0.15, 0.2) is 122 Å². The van der Waals surface area contributed by atoms with E-state index in [4.69, 9.17) is 14.2 Å². The van der Waals surface area contributed by atoms with Crippen molar-refractivity contribution in [3.63, 3.8) is 0 Å². The average Bonchev–Trinajstić information content (AvgIpc) is 3.29. The van der Waals surface area contributed by atoms with Gasteiger partial charge in [-0.05, 0) is 109 Å². The molecule has 0 spiro atoms. The molecule has 0 saturated heterocycles. The molecular formula is C58H92O6. The fourth-order valence-corrected chi connectivity index (χ4v) is 6.48. The summed E-state index contributed by atoms with van der Waals surface area (Å²) in [6, 6.07) is 0. The molecule has 360 valence electrons. The lowest BCUT2D eigenvalue weighted by Crippen LogP contribution is -2.30. The largest absolute Gasteiger partial charge is 0.462 e. The van der Waals surface area contributed by atoms with Crippen LogP contribution in [0.5, 0.6) is 0 Å². The van der Waals surface area contributed by atoms with Gasteiger partial charge in [-0.2, -0.15) is 0 Å². The van der Waals surface area contributed by atoms with Gasteiger partial charge in [0.2, 0.25) is 0 Å². The molecule has 0 aliphatic heterocycles. The maximum absolute atomic E-state index is 12.8. The first-order valence-electron chi connectivity index (χ1n) is 25.6. The lowest BCUT2D eigenvalue weighted by Gasteiger charge is -2.18. The summed E-state index contributed by atoms with van der Waals surface area (Å²) < 4.78 is 16.7. The Balaban J connectivity index is 4.52. The van der Waals surface area contributed by atoms with Crippen LogP contribution >= 0.6 is 0 Å². The molecule has 0 aromatic rings. The first-order valence-corrected chi connectivity index (χ1v) is 25.6. The van der Waals surface area contributed by atoms with Gasteiger partial charge in [-0.1, -0.05) is 200 Å². The van der Waals surface area contributed by atoms with Crippen molar-refractivity contribution < 1.29 is 28.6 Å². The molecule has 6 nitrogen and oxygen atoms in total. The van der Waals surface area contributed by atoms with Crippen LogP contribution in [0.25, 0.3) is 0 Å². The predicted molar refractivity (Wildman–Crippen MR) is 274 cm³/mol. The number of esters is 3. The Bertz CT molecular complexity index is 1390. The van der Waals surface area contributed by atoms with E-state index in [1.165, 1.54) is 19.3 Å². The third kappa shape index (κ3) is 48.8. The molecule has 6 heteroatoms. The number of carbonyl (C=O) groups is 3. The quantitative estimate of drug-likeness (QED) is 0.0199. The minimum atomic E-state index is -0.812. The Labute approximate surface area is 392 Å². The molecule has 0 N–H and O–H groups in total. The first-order chi connectivity index (χ1) is 31.5. The highest BCUT2D eigenvalue weighted by Gasteiger charge is 2.19. The zero-order chi connectivity index (χ0) is 46.5. The normalized spacial score (nSPS) is 13.1. The van der Waals surface area contributed by atoms with Crippen molar-refractivity contribution >= 4 is 17.9 Å². The third-order valence-corrected chi connectivity index (χ3v) is 10.3. The number of carbonyl (C=O) groups excluding carboxylic acids is 3. The van der Waals surface area contributed by atoms with Gasteiger partial charge in [-0.3, -0.25) is 14.4 Å². The molecule has 0 fully saturated rings. The van der Waals surface area contributed by atoms with Crippen molar-refractivity contribution in [1.82, 2.24) is 0 Å². The van der Waals surface area contributed by atoms with Gasteiger partial charge < -0.3 is 14.2 Å². The zero-order valence-electron chi connectivity index (χ0n) is 41.0. The fraction of sp³-hybridized carbons (Fsp3) is 0.603. The lowest BCUT2D eigenvalue weighted by atomic mass is 10.1. The molecule has 0 amide bonds. The Hall–Kier alpha value is -4.19. The van der Waals surface area contributed by atoms with E-state index in [0.717, 1.165) is 148 Å². The van der Waals surface area contributed by atoms with E-state index in [2.05, 4.69) is 142 Å².